The highest BCUT2D eigenvalue weighted by molar-refractivity contribution is 6.05. The van der Waals surface area contributed by atoms with Crippen LogP contribution in [0, 0.1) is 5.92 Å². The third kappa shape index (κ3) is 5.21. The maximum Gasteiger partial charge on any atom is 0.416 e. The SMILES string of the molecule is CCn1c(N)c(NC(=O)c2cnn(Cc3cccc(C(F)(F)F)c3)c2)c(=O)n(CC(C)C)c1=O. The van der Waals surface area contributed by atoms with E-state index in [9.17, 15) is 27.6 Å². The molecule has 0 aliphatic carbocycles. The molecular formula is C22H25F3N6O3. The molecule has 9 nitrogen and oxygen atoms in total. The van der Waals surface area contributed by atoms with Crippen LogP contribution in [0.5, 0.6) is 0 Å². The molecule has 0 atom stereocenters. The minimum absolute atomic E-state index is 0.00124. The van der Waals surface area contributed by atoms with Gasteiger partial charge in [0, 0.05) is 19.3 Å². The lowest BCUT2D eigenvalue weighted by Crippen LogP contribution is -2.43. The molecule has 0 saturated carbocycles. The number of carbonyl (C=O) groups excluding carboxylic acids is 1. The van der Waals surface area contributed by atoms with Gasteiger partial charge >= 0.3 is 11.9 Å². The number of aromatic nitrogens is 4. The zero-order valence-electron chi connectivity index (χ0n) is 18.9. The monoisotopic (exact) mass is 478 g/mol. The zero-order chi connectivity index (χ0) is 25.2. The van der Waals surface area contributed by atoms with Crippen molar-refractivity contribution in [2.75, 3.05) is 11.1 Å². The van der Waals surface area contributed by atoms with Gasteiger partial charge in [-0.25, -0.2) is 4.79 Å². The van der Waals surface area contributed by atoms with E-state index < -0.39 is 28.9 Å². The summed E-state index contributed by atoms with van der Waals surface area (Å²) in [6.07, 6.45) is -1.90. The third-order valence-electron chi connectivity index (χ3n) is 5.06. The molecule has 0 unspecified atom stereocenters. The molecule has 0 spiro atoms. The highest BCUT2D eigenvalue weighted by atomic mass is 19.4. The third-order valence-corrected chi connectivity index (χ3v) is 5.06. The first kappa shape index (κ1) is 24.8. The van der Waals surface area contributed by atoms with Crippen LogP contribution >= 0.6 is 0 Å². The Hall–Kier alpha value is -3.83. The molecule has 1 amide bonds. The summed E-state index contributed by atoms with van der Waals surface area (Å²) in [6.45, 7) is 5.72. The van der Waals surface area contributed by atoms with E-state index in [1.165, 1.54) is 33.8 Å². The number of benzene rings is 1. The summed E-state index contributed by atoms with van der Waals surface area (Å²) in [5, 5.41) is 6.48. The second-order valence-electron chi connectivity index (χ2n) is 8.18. The minimum Gasteiger partial charge on any atom is -0.383 e. The van der Waals surface area contributed by atoms with Crippen molar-refractivity contribution < 1.29 is 18.0 Å². The normalized spacial score (nSPS) is 11.7. The molecule has 2 aromatic heterocycles. The summed E-state index contributed by atoms with van der Waals surface area (Å²) in [6, 6.07) is 4.79. The molecule has 3 N–H and O–H groups in total. The Labute approximate surface area is 192 Å². The van der Waals surface area contributed by atoms with Gasteiger partial charge in [0.1, 0.15) is 11.5 Å². The summed E-state index contributed by atoms with van der Waals surface area (Å²) in [5.41, 5.74) is 4.12. The maximum atomic E-state index is 12.9. The molecule has 0 fully saturated rings. The van der Waals surface area contributed by atoms with Crippen molar-refractivity contribution in [2.24, 2.45) is 5.92 Å². The molecule has 3 aromatic rings. The number of nitrogen functional groups attached to an aromatic ring is 1. The minimum atomic E-state index is -4.47. The lowest BCUT2D eigenvalue weighted by Gasteiger charge is -2.17. The number of rotatable bonds is 7. The summed E-state index contributed by atoms with van der Waals surface area (Å²) in [5.74, 6) is -0.865. The van der Waals surface area contributed by atoms with Crippen molar-refractivity contribution in [3.63, 3.8) is 0 Å². The van der Waals surface area contributed by atoms with Gasteiger partial charge < -0.3 is 11.1 Å². The average molecular weight is 478 g/mol. The van der Waals surface area contributed by atoms with Crippen LogP contribution in [0.15, 0.2) is 46.2 Å². The topological polar surface area (TPSA) is 117 Å². The van der Waals surface area contributed by atoms with Crippen LogP contribution in [0.1, 0.15) is 42.3 Å². The molecule has 0 aliphatic heterocycles. The molecule has 0 saturated heterocycles. The number of carbonyl (C=O) groups is 1. The van der Waals surface area contributed by atoms with Crippen molar-refractivity contribution in [1.29, 1.82) is 0 Å². The summed E-state index contributed by atoms with van der Waals surface area (Å²) >= 11 is 0. The maximum absolute atomic E-state index is 12.9. The van der Waals surface area contributed by atoms with Gasteiger partial charge in [-0.15, -0.1) is 0 Å². The first-order valence-corrected chi connectivity index (χ1v) is 10.5. The van der Waals surface area contributed by atoms with Crippen LogP contribution < -0.4 is 22.3 Å². The van der Waals surface area contributed by atoms with Crippen LogP contribution in [0.4, 0.5) is 24.7 Å². The van der Waals surface area contributed by atoms with Crippen LogP contribution in [-0.2, 0) is 25.8 Å². The van der Waals surface area contributed by atoms with Crippen LogP contribution in [0.2, 0.25) is 0 Å². The second-order valence-corrected chi connectivity index (χ2v) is 8.18. The van der Waals surface area contributed by atoms with Crippen molar-refractivity contribution in [1.82, 2.24) is 18.9 Å². The Morgan fingerprint density at radius 1 is 1.21 bits per heavy atom. The molecule has 0 bridgehead atoms. The van der Waals surface area contributed by atoms with Gasteiger partial charge in [-0.05, 0) is 30.5 Å². The standard InChI is InChI=1S/C22H25F3N6O3/c1-4-30-18(26)17(20(33)31(21(30)34)10-13(2)3)28-19(32)15-9-27-29(12-15)11-14-6-5-7-16(8-14)22(23,24)25/h5-9,12-13H,4,10-11,26H2,1-3H3,(H,28,32). The zero-order valence-corrected chi connectivity index (χ0v) is 18.9. The van der Waals surface area contributed by atoms with Crippen LogP contribution in [0.3, 0.4) is 0 Å². The van der Waals surface area contributed by atoms with E-state index in [4.69, 9.17) is 5.73 Å². The Balaban J connectivity index is 1.87. The van der Waals surface area contributed by atoms with Gasteiger partial charge in [-0.2, -0.15) is 18.3 Å². The fourth-order valence-electron chi connectivity index (χ4n) is 3.45. The number of nitrogens with one attached hydrogen (secondary N) is 1. The predicted molar refractivity (Wildman–Crippen MR) is 121 cm³/mol. The van der Waals surface area contributed by atoms with Crippen LogP contribution in [-0.4, -0.2) is 24.8 Å². The number of nitrogens with two attached hydrogens (primary N) is 1. The Morgan fingerprint density at radius 3 is 2.53 bits per heavy atom. The fraction of sp³-hybridized carbons (Fsp3) is 0.364. The smallest absolute Gasteiger partial charge is 0.383 e. The van der Waals surface area contributed by atoms with E-state index in [-0.39, 0.29) is 42.6 Å². The first-order chi connectivity index (χ1) is 15.9. The van der Waals surface area contributed by atoms with Crippen molar-refractivity contribution >= 4 is 17.4 Å². The highest BCUT2D eigenvalue weighted by Crippen LogP contribution is 2.29. The first-order valence-electron chi connectivity index (χ1n) is 10.5. The van der Waals surface area contributed by atoms with E-state index >= 15 is 0 Å². The molecule has 0 radical (unpaired) electrons. The second kappa shape index (κ2) is 9.57. The van der Waals surface area contributed by atoms with Gasteiger partial charge in [0.15, 0.2) is 0 Å². The quantitative estimate of drug-likeness (QED) is 0.542. The van der Waals surface area contributed by atoms with E-state index in [1.54, 1.807) is 6.92 Å². The van der Waals surface area contributed by atoms with E-state index in [2.05, 4.69) is 10.4 Å². The number of hydrogen-bond acceptors (Lipinski definition) is 5. The number of halogens is 3. The summed E-state index contributed by atoms with van der Waals surface area (Å²) < 4.78 is 42.3. The number of alkyl halides is 3. The molecule has 12 heteroatoms. The molecular weight excluding hydrogens is 453 g/mol. The van der Waals surface area contributed by atoms with Gasteiger partial charge in [0.25, 0.3) is 11.5 Å². The molecule has 34 heavy (non-hydrogen) atoms. The van der Waals surface area contributed by atoms with Gasteiger partial charge in [-0.1, -0.05) is 26.0 Å². The van der Waals surface area contributed by atoms with E-state index in [0.717, 1.165) is 16.7 Å². The number of anilines is 2. The number of amides is 1. The highest BCUT2D eigenvalue weighted by Gasteiger charge is 2.30. The van der Waals surface area contributed by atoms with Gasteiger partial charge in [0.2, 0.25) is 0 Å². The molecule has 3 rings (SSSR count). The largest absolute Gasteiger partial charge is 0.416 e. The van der Waals surface area contributed by atoms with Crippen molar-refractivity contribution in [3.8, 4) is 0 Å². The molecule has 0 aliphatic rings. The Bertz CT molecular complexity index is 1320. The van der Waals surface area contributed by atoms with E-state index in [1.807, 2.05) is 13.8 Å². The van der Waals surface area contributed by atoms with Crippen LogP contribution in [0.25, 0.3) is 0 Å². The number of hydrogen-bond donors (Lipinski definition) is 2. The molecule has 2 heterocycles. The van der Waals surface area contributed by atoms with Gasteiger partial charge in [-0.3, -0.25) is 23.4 Å². The molecule has 182 valence electrons. The Kier molecular flexibility index (Phi) is 6.99. The lowest BCUT2D eigenvalue weighted by atomic mass is 10.1. The fourth-order valence-corrected chi connectivity index (χ4v) is 3.45. The van der Waals surface area contributed by atoms with Gasteiger partial charge in [0.05, 0.1) is 23.9 Å². The summed E-state index contributed by atoms with van der Waals surface area (Å²) in [4.78, 5) is 38.3. The number of nitrogens with zero attached hydrogens (tertiary/aromatic N) is 4. The molecule has 1 aromatic carbocycles. The predicted octanol–water partition coefficient (Wildman–Crippen LogP) is 2.78. The van der Waals surface area contributed by atoms with Crippen molar-refractivity contribution in [2.45, 2.75) is 46.6 Å². The van der Waals surface area contributed by atoms with E-state index in [0.29, 0.717) is 5.56 Å². The average Bonchev–Trinajstić information content (AvgIpc) is 3.22. The lowest BCUT2D eigenvalue weighted by molar-refractivity contribution is -0.137. The Morgan fingerprint density at radius 2 is 1.91 bits per heavy atom. The van der Waals surface area contributed by atoms with Crippen molar-refractivity contribution in [3.05, 3.63) is 74.2 Å². The summed E-state index contributed by atoms with van der Waals surface area (Å²) in [7, 11) is 0.